The number of hydrogen-bond donors (Lipinski definition) is 1. The maximum atomic E-state index is 4.58. The van der Waals surface area contributed by atoms with Crippen molar-refractivity contribution in [2.75, 3.05) is 0 Å². The number of aryl methyl sites for hydroxylation is 1. The number of benzene rings is 1. The predicted octanol–water partition coefficient (Wildman–Crippen LogP) is 2.46. The standard InChI is InChI=1S/C16H19N5/c1-13(16-17-9-11-20(16)2)18-12-14-8-10-21(19-14)15-6-4-3-5-7-15/h3-11,13,18H,12H2,1-2H3. The third-order valence-corrected chi connectivity index (χ3v) is 3.50. The van der Waals surface area contributed by atoms with E-state index in [9.17, 15) is 0 Å². The van der Waals surface area contributed by atoms with Gasteiger partial charge >= 0.3 is 0 Å². The first kappa shape index (κ1) is 13.6. The summed E-state index contributed by atoms with van der Waals surface area (Å²) in [6, 6.07) is 12.3. The normalized spacial score (nSPS) is 12.5. The highest BCUT2D eigenvalue weighted by atomic mass is 15.3. The minimum absolute atomic E-state index is 0.187. The van der Waals surface area contributed by atoms with Gasteiger partial charge in [0.1, 0.15) is 5.82 Å². The molecule has 0 amide bonds. The Balaban J connectivity index is 1.64. The van der Waals surface area contributed by atoms with Crippen LogP contribution in [0.2, 0.25) is 0 Å². The monoisotopic (exact) mass is 281 g/mol. The second-order valence-electron chi connectivity index (χ2n) is 5.09. The van der Waals surface area contributed by atoms with Crippen molar-refractivity contribution in [1.82, 2.24) is 24.6 Å². The van der Waals surface area contributed by atoms with Gasteiger partial charge < -0.3 is 9.88 Å². The van der Waals surface area contributed by atoms with E-state index in [0.29, 0.717) is 6.54 Å². The molecule has 0 bridgehead atoms. The molecule has 3 aromatic rings. The van der Waals surface area contributed by atoms with E-state index in [-0.39, 0.29) is 6.04 Å². The van der Waals surface area contributed by atoms with Gasteiger partial charge in [0.2, 0.25) is 0 Å². The van der Waals surface area contributed by atoms with Gasteiger partial charge in [-0.1, -0.05) is 18.2 Å². The Morgan fingerprint density at radius 2 is 1.95 bits per heavy atom. The molecular weight excluding hydrogens is 262 g/mol. The highest BCUT2D eigenvalue weighted by Gasteiger charge is 2.10. The maximum Gasteiger partial charge on any atom is 0.125 e. The van der Waals surface area contributed by atoms with Crippen molar-refractivity contribution in [3.63, 3.8) is 0 Å². The summed E-state index contributed by atoms with van der Waals surface area (Å²) in [4.78, 5) is 4.36. The molecule has 0 saturated carbocycles. The molecule has 2 aromatic heterocycles. The average Bonchev–Trinajstić information content (AvgIpc) is 3.15. The zero-order chi connectivity index (χ0) is 14.7. The molecule has 0 aliphatic heterocycles. The lowest BCUT2D eigenvalue weighted by molar-refractivity contribution is 0.523. The van der Waals surface area contributed by atoms with E-state index in [1.54, 1.807) is 0 Å². The largest absolute Gasteiger partial charge is 0.337 e. The van der Waals surface area contributed by atoms with Crippen LogP contribution < -0.4 is 5.32 Å². The highest BCUT2D eigenvalue weighted by molar-refractivity contribution is 5.30. The molecule has 1 aromatic carbocycles. The quantitative estimate of drug-likeness (QED) is 0.781. The van der Waals surface area contributed by atoms with Gasteiger partial charge in [-0.25, -0.2) is 9.67 Å². The second-order valence-corrected chi connectivity index (χ2v) is 5.09. The van der Waals surface area contributed by atoms with Gasteiger partial charge in [-0.15, -0.1) is 0 Å². The molecule has 5 nitrogen and oxygen atoms in total. The van der Waals surface area contributed by atoms with Crippen molar-refractivity contribution in [1.29, 1.82) is 0 Å². The van der Waals surface area contributed by atoms with Crippen LogP contribution >= 0.6 is 0 Å². The maximum absolute atomic E-state index is 4.58. The van der Waals surface area contributed by atoms with Crippen LogP contribution in [0.5, 0.6) is 0 Å². The Morgan fingerprint density at radius 1 is 1.14 bits per heavy atom. The van der Waals surface area contributed by atoms with Gasteiger partial charge in [0.05, 0.1) is 17.4 Å². The topological polar surface area (TPSA) is 47.7 Å². The molecule has 3 rings (SSSR count). The Hall–Kier alpha value is -2.40. The summed E-state index contributed by atoms with van der Waals surface area (Å²) < 4.78 is 3.92. The number of rotatable bonds is 5. The smallest absolute Gasteiger partial charge is 0.125 e. The molecule has 0 radical (unpaired) electrons. The van der Waals surface area contributed by atoms with Crippen molar-refractivity contribution in [2.45, 2.75) is 19.5 Å². The molecule has 0 spiro atoms. The Labute approximate surface area is 124 Å². The van der Waals surface area contributed by atoms with E-state index in [0.717, 1.165) is 17.2 Å². The summed E-state index contributed by atoms with van der Waals surface area (Å²) in [5.74, 6) is 1.03. The van der Waals surface area contributed by atoms with Gasteiger partial charge in [-0.05, 0) is 25.1 Å². The summed E-state index contributed by atoms with van der Waals surface area (Å²) in [6.07, 6.45) is 5.76. The van der Waals surface area contributed by atoms with Gasteiger partial charge in [0, 0.05) is 32.2 Å². The van der Waals surface area contributed by atoms with Crippen LogP contribution in [-0.4, -0.2) is 19.3 Å². The molecule has 1 unspecified atom stereocenters. The molecule has 0 fully saturated rings. The van der Waals surface area contributed by atoms with E-state index >= 15 is 0 Å². The van der Waals surface area contributed by atoms with Gasteiger partial charge in [-0.2, -0.15) is 5.10 Å². The second kappa shape index (κ2) is 5.93. The third kappa shape index (κ3) is 3.03. The predicted molar refractivity (Wildman–Crippen MR) is 82.0 cm³/mol. The first-order chi connectivity index (χ1) is 10.2. The molecule has 2 heterocycles. The molecule has 5 heteroatoms. The molecule has 0 aliphatic rings. The van der Waals surface area contributed by atoms with Gasteiger partial charge in [0.25, 0.3) is 0 Å². The fourth-order valence-electron chi connectivity index (χ4n) is 2.32. The zero-order valence-corrected chi connectivity index (χ0v) is 12.3. The van der Waals surface area contributed by atoms with E-state index in [2.05, 4.69) is 22.3 Å². The molecule has 1 N–H and O–H groups in total. The number of nitrogens with one attached hydrogen (secondary N) is 1. The molecule has 0 aliphatic carbocycles. The highest BCUT2D eigenvalue weighted by Crippen LogP contribution is 2.10. The Kier molecular flexibility index (Phi) is 3.83. The molecule has 0 saturated heterocycles. The average molecular weight is 281 g/mol. The summed E-state index contributed by atoms with van der Waals surface area (Å²) in [5, 5.41) is 8.03. The summed E-state index contributed by atoms with van der Waals surface area (Å²) in [7, 11) is 2.00. The van der Waals surface area contributed by atoms with Crippen molar-refractivity contribution >= 4 is 0 Å². The molecule has 21 heavy (non-hydrogen) atoms. The van der Waals surface area contributed by atoms with Crippen LogP contribution in [0.4, 0.5) is 0 Å². The fourth-order valence-corrected chi connectivity index (χ4v) is 2.32. The van der Waals surface area contributed by atoms with Crippen molar-refractivity contribution < 1.29 is 0 Å². The summed E-state index contributed by atoms with van der Waals surface area (Å²) in [5.41, 5.74) is 2.08. The lowest BCUT2D eigenvalue weighted by Gasteiger charge is -2.12. The third-order valence-electron chi connectivity index (χ3n) is 3.50. The van der Waals surface area contributed by atoms with E-state index in [1.807, 2.05) is 71.3 Å². The molecular formula is C16H19N5. The van der Waals surface area contributed by atoms with Crippen LogP contribution in [0.1, 0.15) is 24.5 Å². The minimum atomic E-state index is 0.187. The van der Waals surface area contributed by atoms with Crippen LogP contribution in [0.3, 0.4) is 0 Å². The number of nitrogens with zero attached hydrogens (tertiary/aromatic N) is 4. The SMILES string of the molecule is CC(NCc1ccn(-c2ccccc2)n1)c1nccn1C. The number of para-hydroxylation sites is 1. The van der Waals surface area contributed by atoms with Gasteiger partial charge in [0.15, 0.2) is 0 Å². The first-order valence-electron chi connectivity index (χ1n) is 7.04. The Bertz CT molecular complexity index is 698. The number of hydrogen-bond acceptors (Lipinski definition) is 3. The van der Waals surface area contributed by atoms with Crippen LogP contribution in [0, 0.1) is 0 Å². The van der Waals surface area contributed by atoms with E-state index in [4.69, 9.17) is 0 Å². The van der Waals surface area contributed by atoms with Crippen LogP contribution in [-0.2, 0) is 13.6 Å². The first-order valence-corrected chi connectivity index (χ1v) is 7.04. The minimum Gasteiger partial charge on any atom is -0.337 e. The van der Waals surface area contributed by atoms with Crippen molar-refractivity contribution in [2.24, 2.45) is 7.05 Å². The van der Waals surface area contributed by atoms with Crippen molar-refractivity contribution in [3.05, 3.63) is 66.5 Å². The Morgan fingerprint density at radius 3 is 2.67 bits per heavy atom. The number of imidazole rings is 1. The van der Waals surface area contributed by atoms with Crippen LogP contribution in [0.25, 0.3) is 5.69 Å². The summed E-state index contributed by atoms with van der Waals surface area (Å²) >= 11 is 0. The van der Waals surface area contributed by atoms with Crippen molar-refractivity contribution in [3.8, 4) is 5.69 Å². The van der Waals surface area contributed by atoms with E-state index < -0.39 is 0 Å². The van der Waals surface area contributed by atoms with Crippen LogP contribution in [0.15, 0.2) is 55.0 Å². The van der Waals surface area contributed by atoms with E-state index in [1.165, 1.54) is 0 Å². The lowest BCUT2D eigenvalue weighted by atomic mass is 10.3. The molecule has 1 atom stereocenters. The zero-order valence-electron chi connectivity index (χ0n) is 12.3. The summed E-state index contributed by atoms with van der Waals surface area (Å²) in [6.45, 7) is 2.82. The number of aromatic nitrogens is 4. The van der Waals surface area contributed by atoms with Gasteiger partial charge in [-0.3, -0.25) is 0 Å². The molecule has 108 valence electrons. The fraction of sp³-hybridized carbons (Fsp3) is 0.250. The lowest BCUT2D eigenvalue weighted by Crippen LogP contribution is -2.21.